The Kier molecular flexibility index (Phi) is 11.5. The van der Waals surface area contributed by atoms with E-state index in [4.69, 9.17) is 18.0 Å². The second-order valence-corrected chi connectivity index (χ2v) is 5.29. The molecule has 0 aliphatic heterocycles. The van der Waals surface area contributed by atoms with Crippen molar-refractivity contribution < 1.29 is 14.3 Å². The molecule has 0 heterocycles. The molecule has 0 bridgehead atoms. The first kappa shape index (κ1) is 19.2. The summed E-state index contributed by atoms with van der Waals surface area (Å²) in [7, 11) is 0. The van der Waals surface area contributed by atoms with Gasteiger partial charge >= 0.3 is 5.97 Å². The summed E-state index contributed by atoms with van der Waals surface area (Å²) in [5.41, 5.74) is 6.62. The van der Waals surface area contributed by atoms with E-state index in [9.17, 15) is 9.32 Å². The molecule has 0 aromatic carbocycles. The van der Waals surface area contributed by atoms with E-state index >= 15 is 0 Å². The summed E-state index contributed by atoms with van der Waals surface area (Å²) in [6.07, 6.45) is 6.95. The van der Waals surface area contributed by atoms with E-state index in [1.807, 2.05) is 6.92 Å². The average molecular weight is 303 g/mol. The predicted octanol–water partition coefficient (Wildman–Crippen LogP) is 4.20. The van der Waals surface area contributed by atoms with Crippen LogP contribution in [0.2, 0.25) is 0 Å². The van der Waals surface area contributed by atoms with Crippen LogP contribution in [0, 0.1) is 0 Å². The summed E-state index contributed by atoms with van der Waals surface area (Å²) in [6, 6.07) is 0. The van der Waals surface area contributed by atoms with Crippen molar-refractivity contribution in [1.29, 1.82) is 0 Å². The van der Waals surface area contributed by atoms with Crippen molar-refractivity contribution in [2.45, 2.75) is 65.2 Å². The molecule has 0 saturated carbocycles. The molecule has 0 rings (SSSR count). The van der Waals surface area contributed by atoms with Gasteiger partial charge < -0.3 is 5.73 Å². The van der Waals surface area contributed by atoms with Crippen molar-refractivity contribution in [3.8, 4) is 0 Å². The zero-order valence-electron chi connectivity index (χ0n) is 12.5. The normalized spacial score (nSPS) is 12.0. The van der Waals surface area contributed by atoms with Crippen molar-refractivity contribution in [2.75, 3.05) is 6.54 Å². The molecule has 0 aliphatic rings. The van der Waals surface area contributed by atoms with Crippen LogP contribution in [0.25, 0.3) is 0 Å². The second-order valence-electron chi connectivity index (χ2n) is 4.80. The quantitative estimate of drug-likeness (QED) is 0.353. The lowest BCUT2D eigenvalue weighted by Crippen LogP contribution is -2.14. The van der Waals surface area contributed by atoms with Crippen molar-refractivity contribution in [3.05, 3.63) is 11.1 Å². The molecule has 0 aliphatic carbocycles. The molecule has 0 unspecified atom stereocenters. The Hall–Kier alpha value is -0.810. The lowest BCUT2D eigenvalue weighted by atomic mass is 9.95. The van der Waals surface area contributed by atoms with Gasteiger partial charge in [-0.05, 0) is 37.8 Å². The Balaban J connectivity index is 4.88. The number of hydrogen-bond donors (Lipinski definition) is 1. The maximum Gasteiger partial charge on any atom is 0.375 e. The molecule has 0 fully saturated rings. The zero-order valence-corrected chi connectivity index (χ0v) is 13.4. The van der Waals surface area contributed by atoms with Crippen molar-refractivity contribution in [1.82, 2.24) is 0 Å². The molecule has 5 heteroatoms. The summed E-state index contributed by atoms with van der Waals surface area (Å²) in [5, 5.41) is 0. The topological polar surface area (TPSA) is 52.3 Å². The monoisotopic (exact) mass is 303 g/mol. The Morgan fingerprint density at radius 3 is 2.25 bits per heavy atom. The summed E-state index contributed by atoms with van der Waals surface area (Å²) in [4.78, 5) is 15.7. The molecule has 0 radical (unpaired) electrons. The van der Waals surface area contributed by atoms with Gasteiger partial charge in [0, 0.05) is 15.0 Å². The maximum atomic E-state index is 12.3. The van der Waals surface area contributed by atoms with Gasteiger partial charge in [0.15, 0.2) is 0 Å². The largest absolute Gasteiger partial charge is 0.375 e. The van der Waals surface area contributed by atoms with Gasteiger partial charge in [-0.25, -0.2) is 9.74 Å². The molecular weight excluding hydrogens is 277 g/mol. The Bertz CT molecular complexity index is 343. The molecule has 0 atom stereocenters. The highest BCUT2D eigenvalue weighted by atomic mass is 32.1. The van der Waals surface area contributed by atoms with Gasteiger partial charge in [0.2, 0.25) is 0 Å². The molecule has 0 saturated heterocycles. The number of carbonyl (C=O) groups excluding carboxylic acids is 1. The van der Waals surface area contributed by atoms with E-state index in [-0.39, 0.29) is 0 Å². The van der Waals surface area contributed by atoms with Gasteiger partial charge in [0.25, 0.3) is 0 Å². The van der Waals surface area contributed by atoms with Crippen molar-refractivity contribution >= 4 is 23.1 Å². The van der Waals surface area contributed by atoms with Gasteiger partial charge in [-0.3, -0.25) is 0 Å². The van der Waals surface area contributed by atoms with E-state index in [0.717, 1.165) is 25.7 Å². The lowest BCUT2D eigenvalue weighted by molar-refractivity contribution is -0.178. The summed E-state index contributed by atoms with van der Waals surface area (Å²) in [6.45, 7) is 4.44. The fourth-order valence-electron chi connectivity index (χ4n) is 2.14. The Morgan fingerprint density at radius 2 is 1.75 bits per heavy atom. The number of carbonyl (C=O) groups is 1. The lowest BCUT2D eigenvalue weighted by Gasteiger charge is -2.12. The van der Waals surface area contributed by atoms with Crippen LogP contribution < -0.4 is 5.73 Å². The fourth-order valence-corrected chi connectivity index (χ4v) is 2.37. The first-order valence-electron chi connectivity index (χ1n) is 7.40. The second kappa shape index (κ2) is 12.0. The molecule has 0 spiro atoms. The Morgan fingerprint density at radius 1 is 1.10 bits per heavy atom. The van der Waals surface area contributed by atoms with Crippen LogP contribution in [0.1, 0.15) is 65.2 Å². The third-order valence-electron chi connectivity index (χ3n) is 3.26. The first-order valence-corrected chi connectivity index (χ1v) is 7.81. The van der Waals surface area contributed by atoms with Crippen LogP contribution in [0.3, 0.4) is 0 Å². The molecular formula is C15H26FNO2S. The molecule has 3 nitrogen and oxygen atoms in total. The van der Waals surface area contributed by atoms with E-state index in [0.29, 0.717) is 41.8 Å². The number of halogens is 1. The van der Waals surface area contributed by atoms with E-state index in [1.54, 1.807) is 0 Å². The van der Waals surface area contributed by atoms with Gasteiger partial charge in [-0.1, -0.05) is 51.7 Å². The number of unbranched alkanes of at least 4 members (excludes halogenated alkanes) is 4. The highest BCUT2D eigenvalue weighted by molar-refractivity contribution is 7.80. The minimum atomic E-state index is -0.917. The minimum absolute atomic E-state index is 0.362. The van der Waals surface area contributed by atoms with Crippen LogP contribution in [-0.4, -0.2) is 17.4 Å². The summed E-state index contributed by atoms with van der Waals surface area (Å²) < 4.78 is 12.3. The third kappa shape index (κ3) is 7.10. The van der Waals surface area contributed by atoms with Gasteiger partial charge in [-0.2, -0.15) is 0 Å². The molecule has 20 heavy (non-hydrogen) atoms. The van der Waals surface area contributed by atoms with Gasteiger partial charge in [0.05, 0.1) is 0 Å². The van der Waals surface area contributed by atoms with Crippen molar-refractivity contribution in [2.24, 2.45) is 5.73 Å². The fraction of sp³-hybridized carbons (Fsp3) is 0.733. The van der Waals surface area contributed by atoms with Crippen LogP contribution in [-0.2, 0) is 9.74 Å². The van der Waals surface area contributed by atoms with Gasteiger partial charge in [0.1, 0.15) is 0 Å². The smallest absolute Gasteiger partial charge is 0.330 e. The summed E-state index contributed by atoms with van der Waals surface area (Å²) in [5.74, 6) is -0.917. The van der Waals surface area contributed by atoms with Gasteiger partial charge in [-0.15, -0.1) is 0 Å². The van der Waals surface area contributed by atoms with Crippen LogP contribution in [0.4, 0.5) is 4.53 Å². The van der Waals surface area contributed by atoms with E-state index in [1.165, 1.54) is 6.42 Å². The SMILES string of the molecule is CCCCCCCC(C(=O)OF)=C(CCN)C(=S)CC. The van der Waals surface area contributed by atoms with E-state index < -0.39 is 5.97 Å². The van der Waals surface area contributed by atoms with Crippen LogP contribution >= 0.6 is 12.2 Å². The first-order chi connectivity index (χ1) is 9.62. The number of hydrogen-bond acceptors (Lipinski definition) is 4. The number of thiocarbonyl (C=S) groups is 1. The number of nitrogens with two attached hydrogens (primary N) is 1. The van der Waals surface area contributed by atoms with Crippen molar-refractivity contribution in [3.63, 3.8) is 0 Å². The molecule has 2 N–H and O–H groups in total. The molecule has 116 valence electrons. The molecule has 0 amide bonds. The Labute approximate surface area is 126 Å². The zero-order chi connectivity index (χ0) is 15.4. The van der Waals surface area contributed by atoms with Crippen LogP contribution in [0.15, 0.2) is 11.1 Å². The van der Waals surface area contributed by atoms with Crippen LogP contribution in [0.5, 0.6) is 0 Å². The molecule has 0 aromatic rings. The highest BCUT2D eigenvalue weighted by Crippen LogP contribution is 2.21. The third-order valence-corrected chi connectivity index (χ3v) is 3.80. The highest BCUT2D eigenvalue weighted by Gasteiger charge is 2.19. The minimum Gasteiger partial charge on any atom is -0.330 e. The maximum absolute atomic E-state index is 12.3. The molecule has 0 aromatic heterocycles. The number of rotatable bonds is 11. The predicted molar refractivity (Wildman–Crippen MR) is 84.2 cm³/mol. The van der Waals surface area contributed by atoms with E-state index in [2.05, 4.69) is 11.9 Å². The standard InChI is InChI=1S/C15H26FNO2S/c1-3-5-6-7-8-9-13(15(18)19-16)12(10-11-17)14(20)4-2/h3-11,17H2,1-2H3. The average Bonchev–Trinajstić information content (AvgIpc) is 2.47. The summed E-state index contributed by atoms with van der Waals surface area (Å²) >= 11 is 5.26.